The van der Waals surface area contributed by atoms with Gasteiger partial charge in [-0.05, 0) is 25.1 Å². The second kappa shape index (κ2) is 4.84. The van der Waals surface area contributed by atoms with Crippen molar-refractivity contribution in [1.82, 2.24) is 9.78 Å². The second-order valence-electron chi connectivity index (χ2n) is 4.06. The number of aromatic nitrogens is 2. The highest BCUT2D eigenvalue weighted by atomic mass is 79.9. The number of aryl methyl sites for hydroxylation is 2. The van der Waals surface area contributed by atoms with Gasteiger partial charge in [-0.3, -0.25) is 9.48 Å². The van der Waals surface area contributed by atoms with Gasteiger partial charge in [0.1, 0.15) is 0 Å². The van der Waals surface area contributed by atoms with Crippen LogP contribution in [0.25, 0.3) is 0 Å². The Labute approximate surface area is 109 Å². The van der Waals surface area contributed by atoms with E-state index in [1.807, 2.05) is 44.4 Å². The molecule has 1 aromatic carbocycles. The minimum atomic E-state index is 0.0827. The number of rotatable bonds is 3. The topological polar surface area (TPSA) is 34.9 Å². The fraction of sp³-hybridized carbons (Fsp3) is 0.231. The average molecular weight is 293 g/mol. The second-order valence-corrected chi connectivity index (χ2v) is 4.92. The molecule has 0 atom stereocenters. The molecule has 2 rings (SSSR count). The van der Waals surface area contributed by atoms with E-state index in [1.165, 1.54) is 0 Å². The molecule has 0 amide bonds. The minimum absolute atomic E-state index is 0.0827. The summed E-state index contributed by atoms with van der Waals surface area (Å²) in [5.74, 6) is 0.0827. The maximum absolute atomic E-state index is 12.1. The molecule has 0 bridgehead atoms. The smallest absolute Gasteiger partial charge is 0.170 e. The Morgan fingerprint density at radius 2 is 2.18 bits per heavy atom. The Balaban J connectivity index is 2.22. The van der Waals surface area contributed by atoms with Crippen LogP contribution in [0, 0.1) is 6.92 Å². The highest BCUT2D eigenvalue weighted by molar-refractivity contribution is 9.10. The highest BCUT2D eigenvalue weighted by Crippen LogP contribution is 2.19. The summed E-state index contributed by atoms with van der Waals surface area (Å²) in [5.41, 5.74) is 2.60. The van der Waals surface area contributed by atoms with Gasteiger partial charge in [-0.2, -0.15) is 5.10 Å². The maximum Gasteiger partial charge on any atom is 0.170 e. The maximum atomic E-state index is 12.1. The first-order valence-corrected chi connectivity index (χ1v) is 6.13. The summed E-state index contributed by atoms with van der Waals surface area (Å²) in [7, 11) is 1.84. The Morgan fingerprint density at radius 3 is 2.82 bits per heavy atom. The van der Waals surface area contributed by atoms with E-state index in [1.54, 1.807) is 4.68 Å². The summed E-state index contributed by atoms with van der Waals surface area (Å²) in [6, 6.07) is 7.64. The van der Waals surface area contributed by atoms with Crippen LogP contribution in [0.2, 0.25) is 0 Å². The van der Waals surface area contributed by atoms with Crippen molar-refractivity contribution in [3.05, 3.63) is 51.8 Å². The van der Waals surface area contributed by atoms with Crippen LogP contribution in [0.3, 0.4) is 0 Å². The van der Waals surface area contributed by atoms with Crippen LogP contribution in [-0.2, 0) is 13.5 Å². The average Bonchev–Trinajstić information content (AvgIpc) is 2.67. The van der Waals surface area contributed by atoms with E-state index in [4.69, 9.17) is 0 Å². The first kappa shape index (κ1) is 12.0. The van der Waals surface area contributed by atoms with E-state index >= 15 is 0 Å². The quantitative estimate of drug-likeness (QED) is 0.816. The summed E-state index contributed by atoms with van der Waals surface area (Å²) in [6.45, 7) is 1.98. The zero-order valence-electron chi connectivity index (χ0n) is 9.77. The number of hydrogen-bond donors (Lipinski definition) is 0. The molecule has 2 aromatic rings. The molecule has 0 N–H and O–H groups in total. The third-order valence-corrected chi connectivity index (χ3v) is 3.22. The summed E-state index contributed by atoms with van der Waals surface area (Å²) in [4.78, 5) is 12.1. The molecule has 3 nitrogen and oxygen atoms in total. The van der Waals surface area contributed by atoms with Crippen molar-refractivity contribution in [3.63, 3.8) is 0 Å². The summed E-state index contributed by atoms with van der Waals surface area (Å²) in [6.07, 6.45) is 2.18. The van der Waals surface area contributed by atoms with Gasteiger partial charge in [-0.15, -0.1) is 0 Å². The summed E-state index contributed by atoms with van der Waals surface area (Å²) in [5, 5.41) is 4.21. The van der Waals surface area contributed by atoms with Crippen LogP contribution < -0.4 is 0 Å². The zero-order valence-corrected chi connectivity index (χ0v) is 11.4. The van der Waals surface area contributed by atoms with Crippen molar-refractivity contribution in [2.24, 2.45) is 7.05 Å². The number of ketones is 1. The SMILES string of the molecule is Cc1ccc(Br)c(C(=O)Cc2ccn(C)n2)c1. The van der Waals surface area contributed by atoms with Crippen LogP contribution in [0.5, 0.6) is 0 Å². The van der Waals surface area contributed by atoms with Gasteiger partial charge in [0.2, 0.25) is 0 Å². The normalized spacial score (nSPS) is 10.5. The van der Waals surface area contributed by atoms with E-state index in [2.05, 4.69) is 21.0 Å². The van der Waals surface area contributed by atoms with Crippen LogP contribution in [0.4, 0.5) is 0 Å². The van der Waals surface area contributed by atoms with Crippen molar-refractivity contribution in [2.45, 2.75) is 13.3 Å². The molecular weight excluding hydrogens is 280 g/mol. The summed E-state index contributed by atoms with van der Waals surface area (Å²) >= 11 is 3.40. The van der Waals surface area contributed by atoms with E-state index in [-0.39, 0.29) is 5.78 Å². The zero-order chi connectivity index (χ0) is 12.4. The molecule has 1 aromatic heterocycles. The third-order valence-electron chi connectivity index (χ3n) is 2.53. The molecule has 0 aliphatic heterocycles. The minimum Gasteiger partial charge on any atom is -0.294 e. The largest absolute Gasteiger partial charge is 0.294 e. The molecule has 88 valence electrons. The van der Waals surface area contributed by atoms with E-state index in [9.17, 15) is 4.79 Å². The molecule has 17 heavy (non-hydrogen) atoms. The number of carbonyl (C=O) groups excluding carboxylic acids is 1. The van der Waals surface area contributed by atoms with Crippen molar-refractivity contribution in [1.29, 1.82) is 0 Å². The lowest BCUT2D eigenvalue weighted by molar-refractivity contribution is 0.0991. The van der Waals surface area contributed by atoms with Crippen molar-refractivity contribution in [2.75, 3.05) is 0 Å². The van der Waals surface area contributed by atoms with Crippen LogP contribution in [0.1, 0.15) is 21.6 Å². The molecule has 0 fully saturated rings. The number of benzene rings is 1. The van der Waals surface area contributed by atoms with Crippen LogP contribution in [-0.4, -0.2) is 15.6 Å². The van der Waals surface area contributed by atoms with Gasteiger partial charge in [0.25, 0.3) is 0 Å². The molecule has 0 unspecified atom stereocenters. The number of nitrogens with zero attached hydrogens (tertiary/aromatic N) is 2. The number of halogens is 1. The predicted molar refractivity (Wildman–Crippen MR) is 70.1 cm³/mol. The fourth-order valence-corrected chi connectivity index (χ4v) is 2.14. The molecule has 0 radical (unpaired) electrons. The predicted octanol–water partition coefficient (Wildman–Crippen LogP) is 2.92. The van der Waals surface area contributed by atoms with Crippen LogP contribution in [0.15, 0.2) is 34.9 Å². The first-order valence-electron chi connectivity index (χ1n) is 5.34. The van der Waals surface area contributed by atoms with Gasteiger partial charge >= 0.3 is 0 Å². The molecule has 0 saturated carbocycles. The fourth-order valence-electron chi connectivity index (χ4n) is 1.67. The van der Waals surface area contributed by atoms with E-state index in [0.29, 0.717) is 6.42 Å². The Hall–Kier alpha value is -1.42. The number of carbonyl (C=O) groups is 1. The van der Waals surface area contributed by atoms with Crippen molar-refractivity contribution >= 4 is 21.7 Å². The molecule has 0 aliphatic carbocycles. The molecule has 0 saturated heterocycles. The Morgan fingerprint density at radius 1 is 1.41 bits per heavy atom. The standard InChI is InChI=1S/C13H13BrN2O/c1-9-3-4-12(14)11(7-9)13(17)8-10-5-6-16(2)15-10/h3-7H,8H2,1-2H3. The Kier molecular flexibility index (Phi) is 3.43. The van der Waals surface area contributed by atoms with Gasteiger partial charge in [-0.25, -0.2) is 0 Å². The van der Waals surface area contributed by atoms with Gasteiger partial charge in [-0.1, -0.05) is 27.6 Å². The molecule has 0 aliphatic rings. The number of Topliss-reactive ketones (excluding diaryl/α,β-unsaturated/α-hetero) is 1. The molecule has 4 heteroatoms. The highest BCUT2D eigenvalue weighted by Gasteiger charge is 2.12. The monoisotopic (exact) mass is 292 g/mol. The van der Waals surface area contributed by atoms with Gasteiger partial charge in [0.05, 0.1) is 12.1 Å². The van der Waals surface area contributed by atoms with Gasteiger partial charge < -0.3 is 0 Å². The van der Waals surface area contributed by atoms with E-state index < -0.39 is 0 Å². The first-order chi connectivity index (χ1) is 8.06. The Bertz CT molecular complexity index is 560. The summed E-state index contributed by atoms with van der Waals surface area (Å²) < 4.78 is 2.54. The van der Waals surface area contributed by atoms with Gasteiger partial charge in [0.15, 0.2) is 5.78 Å². The van der Waals surface area contributed by atoms with Crippen molar-refractivity contribution in [3.8, 4) is 0 Å². The molecule has 1 heterocycles. The molecule has 0 spiro atoms. The lowest BCUT2D eigenvalue weighted by atomic mass is 10.0. The van der Waals surface area contributed by atoms with Crippen molar-refractivity contribution < 1.29 is 4.79 Å². The lowest BCUT2D eigenvalue weighted by Crippen LogP contribution is -2.06. The third kappa shape index (κ3) is 2.82. The van der Waals surface area contributed by atoms with Gasteiger partial charge in [0, 0.05) is 23.3 Å². The molecular formula is C13H13BrN2O. The van der Waals surface area contributed by atoms with Crippen LogP contribution >= 0.6 is 15.9 Å². The van der Waals surface area contributed by atoms with E-state index in [0.717, 1.165) is 21.3 Å². The lowest BCUT2D eigenvalue weighted by Gasteiger charge is -2.03. The number of hydrogen-bond acceptors (Lipinski definition) is 2.